The average molecular weight is 245 g/mol. The van der Waals surface area contributed by atoms with Crippen molar-refractivity contribution in [1.82, 2.24) is 20.2 Å². The van der Waals surface area contributed by atoms with Gasteiger partial charge in [0.15, 0.2) is 0 Å². The van der Waals surface area contributed by atoms with E-state index in [-0.39, 0.29) is 0 Å². The topological polar surface area (TPSA) is 64.9 Å². The van der Waals surface area contributed by atoms with Crippen LogP contribution in [0, 0.1) is 5.92 Å². The van der Waals surface area contributed by atoms with Gasteiger partial charge in [-0.3, -0.25) is 0 Å². The third-order valence-corrected chi connectivity index (χ3v) is 3.04. The predicted molar refractivity (Wildman–Crippen MR) is 66.6 cm³/mol. The molecule has 18 heavy (non-hydrogen) atoms. The second-order valence-electron chi connectivity index (χ2n) is 4.36. The van der Waals surface area contributed by atoms with E-state index in [0.29, 0.717) is 11.9 Å². The number of nitrogens with one attached hydrogen (secondary N) is 1. The first-order valence-electron chi connectivity index (χ1n) is 6.09. The fourth-order valence-electron chi connectivity index (χ4n) is 2.02. The summed E-state index contributed by atoms with van der Waals surface area (Å²) in [4.78, 5) is 0. The highest BCUT2D eigenvalue weighted by Gasteiger charge is 2.16. The van der Waals surface area contributed by atoms with Crippen LogP contribution in [0.15, 0.2) is 30.3 Å². The Morgan fingerprint density at radius 1 is 1.33 bits per heavy atom. The summed E-state index contributed by atoms with van der Waals surface area (Å²) in [5.41, 5.74) is 0.952. The van der Waals surface area contributed by atoms with Crippen molar-refractivity contribution in [3.8, 4) is 5.69 Å². The van der Waals surface area contributed by atoms with Crippen LogP contribution in [0.5, 0.6) is 0 Å². The maximum Gasteiger partial charge on any atom is 0.247 e. The molecule has 2 aromatic rings. The lowest BCUT2D eigenvalue weighted by Crippen LogP contribution is -2.16. The molecule has 0 amide bonds. The Morgan fingerprint density at radius 3 is 3.00 bits per heavy atom. The van der Waals surface area contributed by atoms with Crippen molar-refractivity contribution in [1.29, 1.82) is 0 Å². The van der Waals surface area contributed by atoms with Gasteiger partial charge >= 0.3 is 0 Å². The lowest BCUT2D eigenvalue weighted by Gasteiger charge is -2.10. The van der Waals surface area contributed by atoms with E-state index in [4.69, 9.17) is 4.74 Å². The second-order valence-corrected chi connectivity index (χ2v) is 4.36. The molecule has 1 aromatic carbocycles. The highest BCUT2D eigenvalue weighted by molar-refractivity contribution is 5.38. The van der Waals surface area contributed by atoms with Crippen molar-refractivity contribution in [3.63, 3.8) is 0 Å². The van der Waals surface area contributed by atoms with E-state index in [1.807, 2.05) is 30.3 Å². The number of hydrogen-bond acceptors (Lipinski definition) is 5. The molecule has 6 nitrogen and oxygen atoms in total. The molecule has 3 rings (SSSR count). The van der Waals surface area contributed by atoms with Gasteiger partial charge in [0.05, 0.1) is 12.3 Å². The number of tetrazole rings is 1. The van der Waals surface area contributed by atoms with Crippen LogP contribution >= 0.6 is 0 Å². The van der Waals surface area contributed by atoms with Gasteiger partial charge in [-0.1, -0.05) is 23.3 Å². The molecule has 0 saturated carbocycles. The summed E-state index contributed by atoms with van der Waals surface area (Å²) in [7, 11) is 0. The molecule has 1 aliphatic rings. The quantitative estimate of drug-likeness (QED) is 0.874. The van der Waals surface area contributed by atoms with Crippen molar-refractivity contribution >= 4 is 5.95 Å². The van der Waals surface area contributed by atoms with Crippen LogP contribution < -0.4 is 5.32 Å². The van der Waals surface area contributed by atoms with Gasteiger partial charge in [0.25, 0.3) is 0 Å². The van der Waals surface area contributed by atoms with Crippen LogP contribution in [0.3, 0.4) is 0 Å². The van der Waals surface area contributed by atoms with E-state index < -0.39 is 0 Å². The Balaban J connectivity index is 1.71. The summed E-state index contributed by atoms with van der Waals surface area (Å²) in [5.74, 6) is 1.22. The first-order chi connectivity index (χ1) is 8.93. The molecule has 0 spiro atoms. The number of para-hydroxylation sites is 1. The van der Waals surface area contributed by atoms with Crippen LogP contribution in [-0.4, -0.2) is 40.0 Å². The van der Waals surface area contributed by atoms with Gasteiger partial charge in [-0.25, -0.2) is 0 Å². The van der Waals surface area contributed by atoms with Gasteiger partial charge in [-0.15, -0.1) is 0 Å². The largest absolute Gasteiger partial charge is 0.381 e. The van der Waals surface area contributed by atoms with Crippen LogP contribution in [-0.2, 0) is 4.74 Å². The van der Waals surface area contributed by atoms with Crippen LogP contribution in [0.2, 0.25) is 0 Å². The first-order valence-corrected chi connectivity index (χ1v) is 6.09. The Morgan fingerprint density at radius 2 is 2.22 bits per heavy atom. The zero-order valence-corrected chi connectivity index (χ0v) is 9.99. The van der Waals surface area contributed by atoms with E-state index in [1.54, 1.807) is 4.68 Å². The minimum Gasteiger partial charge on any atom is -0.381 e. The molecular weight excluding hydrogens is 230 g/mol. The molecule has 1 saturated heterocycles. The van der Waals surface area contributed by atoms with E-state index >= 15 is 0 Å². The molecule has 1 aliphatic heterocycles. The fourth-order valence-corrected chi connectivity index (χ4v) is 2.02. The lowest BCUT2D eigenvalue weighted by molar-refractivity contribution is 0.187. The highest BCUT2D eigenvalue weighted by Crippen LogP contribution is 2.14. The molecule has 2 heterocycles. The first kappa shape index (κ1) is 11.2. The van der Waals surface area contributed by atoms with Crippen molar-refractivity contribution < 1.29 is 4.74 Å². The van der Waals surface area contributed by atoms with Gasteiger partial charge in [-0.2, -0.15) is 4.68 Å². The molecule has 0 radical (unpaired) electrons. The Labute approximate surface area is 105 Å². The molecule has 94 valence electrons. The number of anilines is 1. The number of ether oxygens (including phenoxy) is 1. The summed E-state index contributed by atoms with van der Waals surface area (Å²) < 4.78 is 7.05. The van der Waals surface area contributed by atoms with Crippen LogP contribution in [0.4, 0.5) is 5.95 Å². The normalized spacial score (nSPS) is 19.0. The summed E-state index contributed by atoms with van der Waals surface area (Å²) >= 11 is 0. The third-order valence-electron chi connectivity index (χ3n) is 3.04. The van der Waals surface area contributed by atoms with Crippen molar-refractivity contribution in [2.75, 3.05) is 25.1 Å². The summed E-state index contributed by atoms with van der Waals surface area (Å²) in [6, 6.07) is 9.84. The molecule has 6 heteroatoms. The number of nitrogens with zero attached hydrogens (tertiary/aromatic N) is 4. The smallest absolute Gasteiger partial charge is 0.247 e. The van der Waals surface area contributed by atoms with Crippen LogP contribution in [0.1, 0.15) is 6.42 Å². The van der Waals surface area contributed by atoms with Crippen molar-refractivity contribution in [2.45, 2.75) is 6.42 Å². The van der Waals surface area contributed by atoms with E-state index in [2.05, 4.69) is 20.8 Å². The van der Waals surface area contributed by atoms with E-state index in [0.717, 1.165) is 31.9 Å². The Hall–Kier alpha value is -1.95. The summed E-state index contributed by atoms with van der Waals surface area (Å²) in [6.45, 7) is 2.52. The minimum atomic E-state index is 0.547. The van der Waals surface area contributed by atoms with Gasteiger partial charge < -0.3 is 10.1 Å². The van der Waals surface area contributed by atoms with Crippen LogP contribution in [0.25, 0.3) is 5.69 Å². The monoisotopic (exact) mass is 245 g/mol. The Kier molecular flexibility index (Phi) is 3.18. The number of hydrogen-bond donors (Lipinski definition) is 1. The van der Waals surface area contributed by atoms with Gasteiger partial charge in [0.1, 0.15) is 0 Å². The molecule has 0 aliphatic carbocycles. The highest BCUT2D eigenvalue weighted by atomic mass is 16.5. The SMILES string of the molecule is c1ccc(-n2nnnc2NCC2CCOC2)cc1. The third kappa shape index (κ3) is 2.33. The number of benzene rings is 1. The van der Waals surface area contributed by atoms with E-state index in [9.17, 15) is 0 Å². The van der Waals surface area contributed by atoms with Gasteiger partial charge in [0.2, 0.25) is 5.95 Å². The second kappa shape index (κ2) is 5.14. The number of rotatable bonds is 4. The molecule has 1 atom stereocenters. The maximum atomic E-state index is 5.34. The maximum absolute atomic E-state index is 5.34. The van der Waals surface area contributed by atoms with Crippen molar-refractivity contribution in [3.05, 3.63) is 30.3 Å². The zero-order chi connectivity index (χ0) is 12.2. The average Bonchev–Trinajstić information content (AvgIpc) is 3.09. The minimum absolute atomic E-state index is 0.547. The lowest BCUT2D eigenvalue weighted by atomic mass is 10.1. The molecule has 1 N–H and O–H groups in total. The Bertz CT molecular complexity index is 492. The molecule has 1 unspecified atom stereocenters. The zero-order valence-electron chi connectivity index (χ0n) is 9.99. The summed E-state index contributed by atoms with van der Waals surface area (Å²) in [5, 5.41) is 15.0. The molecule has 0 bridgehead atoms. The van der Waals surface area contributed by atoms with Gasteiger partial charge in [-0.05, 0) is 29.0 Å². The summed E-state index contributed by atoms with van der Waals surface area (Å²) in [6.07, 6.45) is 1.10. The van der Waals surface area contributed by atoms with E-state index in [1.165, 1.54) is 0 Å². The molecule has 1 fully saturated rings. The standard InChI is InChI=1S/C12H15N5O/c1-2-4-11(5-3-1)17-12(14-15-16-17)13-8-10-6-7-18-9-10/h1-5,10H,6-9H2,(H,13,14,16). The fraction of sp³-hybridized carbons (Fsp3) is 0.417. The predicted octanol–water partition coefficient (Wildman–Crippen LogP) is 1.11. The van der Waals surface area contributed by atoms with Crippen molar-refractivity contribution in [2.24, 2.45) is 5.92 Å². The molecule has 1 aromatic heterocycles. The van der Waals surface area contributed by atoms with Gasteiger partial charge in [0, 0.05) is 19.1 Å². The number of aromatic nitrogens is 4. The molecular formula is C12H15N5O.